The quantitative estimate of drug-likeness (QED) is 0.742. The molecule has 0 unspecified atom stereocenters. The topological polar surface area (TPSA) is 47.3 Å². The van der Waals surface area contributed by atoms with Gasteiger partial charge in [-0.05, 0) is 22.6 Å². The van der Waals surface area contributed by atoms with Crippen LogP contribution in [0.4, 0.5) is 0 Å². The van der Waals surface area contributed by atoms with Crippen molar-refractivity contribution in [1.82, 2.24) is 14.6 Å². The predicted octanol–water partition coefficient (Wildman–Crippen LogP) is 1.13. The summed E-state index contributed by atoms with van der Waals surface area (Å²) in [7, 11) is -1.01. The van der Waals surface area contributed by atoms with Crippen LogP contribution in [0.15, 0.2) is 10.5 Å². The minimum atomic E-state index is -1.01. The van der Waals surface area contributed by atoms with E-state index in [0.29, 0.717) is 4.34 Å². The highest BCUT2D eigenvalue weighted by Gasteiger charge is 2.09. The van der Waals surface area contributed by atoms with Gasteiger partial charge in [-0.1, -0.05) is 11.3 Å². The van der Waals surface area contributed by atoms with Gasteiger partial charge in [0.25, 0.3) is 0 Å². The lowest BCUT2D eigenvalue weighted by molar-refractivity contribution is 0.684. The summed E-state index contributed by atoms with van der Waals surface area (Å²) < 4.78 is 14.3. The normalized spacial score (nSPS) is 13.8. The molecule has 0 amide bonds. The fraction of sp³-hybridized carbons (Fsp3) is 0.200. The lowest BCUT2D eigenvalue weighted by Gasteiger charge is -1.83. The zero-order valence-corrected chi connectivity index (χ0v) is 9.81. The van der Waals surface area contributed by atoms with Crippen molar-refractivity contribution < 1.29 is 4.21 Å². The van der Waals surface area contributed by atoms with Crippen LogP contribution in [0.3, 0.4) is 0 Å². The Labute approximate surface area is 88.6 Å². The van der Waals surface area contributed by atoms with Crippen molar-refractivity contribution in [3.63, 3.8) is 0 Å². The SMILES string of the molecule is C[S@](=O)c1nn2c(I)cnc2s1. The summed E-state index contributed by atoms with van der Waals surface area (Å²) in [6.07, 6.45) is 3.35. The molecule has 64 valence electrons. The van der Waals surface area contributed by atoms with Gasteiger partial charge in [0.1, 0.15) is 3.70 Å². The van der Waals surface area contributed by atoms with Crippen molar-refractivity contribution in [2.45, 2.75) is 4.34 Å². The summed E-state index contributed by atoms with van der Waals surface area (Å²) >= 11 is 3.50. The highest BCUT2D eigenvalue weighted by molar-refractivity contribution is 14.1. The maximum atomic E-state index is 11.0. The van der Waals surface area contributed by atoms with Gasteiger partial charge in [-0.2, -0.15) is 4.52 Å². The first-order valence-electron chi connectivity index (χ1n) is 3.02. The molecule has 7 heteroatoms. The number of aromatic nitrogens is 3. The molecule has 2 aromatic heterocycles. The number of nitrogens with zero attached hydrogens (tertiary/aromatic N) is 3. The number of hydrogen-bond donors (Lipinski definition) is 0. The van der Waals surface area contributed by atoms with Gasteiger partial charge in [0.15, 0.2) is 0 Å². The fourth-order valence-corrected chi connectivity index (χ4v) is 2.90. The number of fused-ring (bicyclic) bond motifs is 1. The molecule has 0 saturated carbocycles. The van der Waals surface area contributed by atoms with Gasteiger partial charge in [-0.15, -0.1) is 5.10 Å². The molecule has 1 atom stereocenters. The van der Waals surface area contributed by atoms with Crippen LogP contribution in [0.25, 0.3) is 4.96 Å². The third kappa shape index (κ3) is 1.29. The molecule has 0 N–H and O–H groups in total. The molecule has 2 aromatic rings. The van der Waals surface area contributed by atoms with Crippen molar-refractivity contribution >= 4 is 49.7 Å². The minimum Gasteiger partial charge on any atom is -0.252 e. The van der Waals surface area contributed by atoms with Crippen molar-refractivity contribution in [2.24, 2.45) is 0 Å². The number of hydrogen-bond acceptors (Lipinski definition) is 4. The highest BCUT2D eigenvalue weighted by Crippen LogP contribution is 2.18. The van der Waals surface area contributed by atoms with Crippen LogP contribution in [0.1, 0.15) is 0 Å². The maximum absolute atomic E-state index is 11.0. The fourth-order valence-electron chi connectivity index (χ4n) is 0.766. The lowest BCUT2D eigenvalue weighted by Crippen LogP contribution is -1.90. The second-order valence-corrected chi connectivity index (χ2v) is 5.71. The molecule has 2 heterocycles. The van der Waals surface area contributed by atoms with E-state index in [2.05, 4.69) is 32.7 Å². The Morgan fingerprint density at radius 1 is 1.75 bits per heavy atom. The lowest BCUT2D eigenvalue weighted by atomic mass is 11.0. The zero-order valence-electron chi connectivity index (χ0n) is 6.02. The molecule has 0 fully saturated rings. The molecule has 0 aliphatic heterocycles. The Kier molecular flexibility index (Phi) is 2.17. The van der Waals surface area contributed by atoms with E-state index in [1.807, 2.05) is 0 Å². The first kappa shape index (κ1) is 8.57. The number of imidazole rings is 1. The standard InChI is InChI=1S/C5H4IN3OS2/c1-12(10)5-8-9-3(6)2-7-4(9)11-5/h2H,1H3/t12-/m0/s1. The smallest absolute Gasteiger partial charge is 0.213 e. The number of halogens is 1. The Morgan fingerprint density at radius 2 is 2.50 bits per heavy atom. The molecule has 0 bridgehead atoms. The highest BCUT2D eigenvalue weighted by atomic mass is 127. The summed E-state index contributed by atoms with van der Waals surface area (Å²) in [6, 6.07) is 0. The minimum absolute atomic E-state index is 0.621. The Hall–Kier alpha value is -0.0200. The molecule has 12 heavy (non-hydrogen) atoms. The second-order valence-electron chi connectivity index (χ2n) is 2.10. The predicted molar refractivity (Wildman–Crippen MR) is 55.9 cm³/mol. The summed E-state index contributed by atoms with van der Waals surface area (Å²) in [5.41, 5.74) is 0. The molecule has 2 rings (SSSR count). The molecule has 0 aromatic carbocycles. The van der Waals surface area contributed by atoms with Crippen LogP contribution >= 0.6 is 33.9 Å². The largest absolute Gasteiger partial charge is 0.252 e. The van der Waals surface area contributed by atoms with Gasteiger partial charge in [0.2, 0.25) is 9.30 Å². The van der Waals surface area contributed by atoms with Crippen molar-refractivity contribution in [2.75, 3.05) is 6.26 Å². The van der Waals surface area contributed by atoms with Gasteiger partial charge >= 0.3 is 0 Å². The third-order valence-electron chi connectivity index (χ3n) is 1.27. The Bertz CT molecular complexity index is 448. The summed E-state index contributed by atoms with van der Waals surface area (Å²) in [5.74, 6) is 0. The van der Waals surface area contributed by atoms with E-state index in [1.54, 1.807) is 17.0 Å². The van der Waals surface area contributed by atoms with E-state index in [-0.39, 0.29) is 0 Å². The average Bonchev–Trinajstić information content (AvgIpc) is 2.53. The van der Waals surface area contributed by atoms with Crippen molar-refractivity contribution in [1.29, 1.82) is 0 Å². The van der Waals surface area contributed by atoms with E-state index in [9.17, 15) is 4.21 Å². The van der Waals surface area contributed by atoms with Crippen LogP contribution in [0.5, 0.6) is 0 Å². The molecule has 0 aliphatic rings. The average molecular weight is 313 g/mol. The summed E-state index contributed by atoms with van der Waals surface area (Å²) in [4.78, 5) is 4.89. The summed E-state index contributed by atoms with van der Waals surface area (Å²) in [6.45, 7) is 0. The van der Waals surface area contributed by atoms with Gasteiger partial charge in [0.05, 0.1) is 17.0 Å². The second kappa shape index (κ2) is 3.04. The number of rotatable bonds is 1. The van der Waals surface area contributed by atoms with Crippen molar-refractivity contribution in [3.05, 3.63) is 9.90 Å². The third-order valence-corrected chi connectivity index (χ3v) is 4.25. The van der Waals surface area contributed by atoms with E-state index in [1.165, 1.54) is 11.3 Å². The van der Waals surface area contributed by atoms with Crippen LogP contribution in [0, 0.1) is 3.70 Å². The van der Waals surface area contributed by atoms with Gasteiger partial charge < -0.3 is 0 Å². The van der Waals surface area contributed by atoms with Crippen LogP contribution in [0.2, 0.25) is 0 Å². The first-order chi connectivity index (χ1) is 5.68. The monoisotopic (exact) mass is 313 g/mol. The van der Waals surface area contributed by atoms with Crippen LogP contribution in [-0.4, -0.2) is 25.1 Å². The Balaban J connectivity index is 2.70. The molecule has 0 radical (unpaired) electrons. The zero-order chi connectivity index (χ0) is 8.72. The van der Waals surface area contributed by atoms with Gasteiger partial charge in [-0.3, -0.25) is 4.21 Å². The summed E-state index contributed by atoms with van der Waals surface area (Å²) in [5, 5.41) is 4.14. The first-order valence-corrected chi connectivity index (χ1v) is 6.47. The van der Waals surface area contributed by atoms with Crippen LogP contribution < -0.4 is 0 Å². The van der Waals surface area contributed by atoms with E-state index in [4.69, 9.17) is 0 Å². The Morgan fingerprint density at radius 3 is 3.08 bits per heavy atom. The molecular formula is C5H4IN3OS2. The molecule has 0 saturated heterocycles. The van der Waals surface area contributed by atoms with Crippen molar-refractivity contribution in [3.8, 4) is 0 Å². The molecular weight excluding hydrogens is 309 g/mol. The van der Waals surface area contributed by atoms with Gasteiger partial charge in [0, 0.05) is 6.26 Å². The van der Waals surface area contributed by atoms with Crippen LogP contribution in [-0.2, 0) is 10.8 Å². The van der Waals surface area contributed by atoms with E-state index in [0.717, 1.165) is 8.66 Å². The molecule has 0 spiro atoms. The maximum Gasteiger partial charge on any atom is 0.213 e. The van der Waals surface area contributed by atoms with E-state index < -0.39 is 10.8 Å². The molecule has 0 aliphatic carbocycles. The van der Waals surface area contributed by atoms with E-state index >= 15 is 0 Å². The van der Waals surface area contributed by atoms with Gasteiger partial charge in [-0.25, -0.2) is 4.98 Å². The molecule has 4 nitrogen and oxygen atoms in total.